The third-order valence-electron chi connectivity index (χ3n) is 2.74. The molecule has 2 amide bonds. The molecule has 1 aromatic rings. The van der Waals surface area contributed by atoms with Crippen LogP contribution in [0.5, 0.6) is 0 Å². The van der Waals surface area contributed by atoms with E-state index in [1.165, 1.54) is 0 Å². The van der Waals surface area contributed by atoms with Crippen molar-refractivity contribution in [2.45, 2.75) is 25.3 Å². The Kier molecular flexibility index (Phi) is 3.94. The molecule has 1 fully saturated rings. The lowest BCUT2D eigenvalue weighted by molar-refractivity contribution is -0.117. The standard InChI is InChI=1S/C13H17N3O2/c14-12(17)7-9-1-3-11(4-2-9)16-13(18)8-15-10-5-6-10/h1-4,10,15H,5-8H2,(H2,14,17)(H,16,18). The molecule has 0 heterocycles. The molecule has 2 rings (SSSR count). The molecular weight excluding hydrogens is 230 g/mol. The minimum Gasteiger partial charge on any atom is -0.369 e. The molecule has 0 aliphatic heterocycles. The van der Waals surface area contributed by atoms with Crippen molar-refractivity contribution in [3.63, 3.8) is 0 Å². The van der Waals surface area contributed by atoms with Crippen molar-refractivity contribution in [3.05, 3.63) is 29.8 Å². The van der Waals surface area contributed by atoms with Crippen LogP contribution in [-0.4, -0.2) is 24.4 Å². The first-order valence-corrected chi connectivity index (χ1v) is 6.04. The Hall–Kier alpha value is -1.88. The van der Waals surface area contributed by atoms with Crippen molar-refractivity contribution in [2.75, 3.05) is 11.9 Å². The minimum absolute atomic E-state index is 0.0513. The summed E-state index contributed by atoms with van der Waals surface area (Å²) in [6.45, 7) is 0.341. The Morgan fingerprint density at radius 1 is 1.22 bits per heavy atom. The second kappa shape index (κ2) is 5.64. The summed E-state index contributed by atoms with van der Waals surface area (Å²) in [5.41, 5.74) is 6.67. The molecule has 18 heavy (non-hydrogen) atoms. The van der Waals surface area contributed by atoms with Gasteiger partial charge in [-0.15, -0.1) is 0 Å². The van der Waals surface area contributed by atoms with E-state index in [0.717, 1.165) is 24.1 Å². The SMILES string of the molecule is NC(=O)Cc1ccc(NC(=O)CNC2CC2)cc1. The Morgan fingerprint density at radius 3 is 2.44 bits per heavy atom. The number of nitrogens with one attached hydrogen (secondary N) is 2. The highest BCUT2D eigenvalue weighted by Crippen LogP contribution is 2.18. The van der Waals surface area contributed by atoms with Gasteiger partial charge in [0, 0.05) is 11.7 Å². The largest absolute Gasteiger partial charge is 0.369 e. The molecule has 0 saturated heterocycles. The molecule has 0 aromatic heterocycles. The van der Waals surface area contributed by atoms with Crippen molar-refractivity contribution >= 4 is 17.5 Å². The molecule has 5 nitrogen and oxygen atoms in total. The summed E-state index contributed by atoms with van der Waals surface area (Å²) in [6.07, 6.45) is 2.54. The van der Waals surface area contributed by atoms with Gasteiger partial charge < -0.3 is 16.4 Å². The van der Waals surface area contributed by atoms with E-state index in [1.807, 2.05) is 0 Å². The molecular formula is C13H17N3O2. The Bertz CT molecular complexity index is 438. The van der Waals surface area contributed by atoms with Crippen LogP contribution in [0, 0.1) is 0 Å². The summed E-state index contributed by atoms with van der Waals surface area (Å²) >= 11 is 0. The van der Waals surface area contributed by atoms with Crippen molar-refractivity contribution in [1.82, 2.24) is 5.32 Å². The number of amides is 2. The van der Waals surface area contributed by atoms with Gasteiger partial charge in [0.1, 0.15) is 0 Å². The van der Waals surface area contributed by atoms with Gasteiger partial charge in [0.15, 0.2) is 0 Å². The molecule has 5 heteroatoms. The highest BCUT2D eigenvalue weighted by Gasteiger charge is 2.21. The topological polar surface area (TPSA) is 84.2 Å². The molecule has 1 aromatic carbocycles. The van der Waals surface area contributed by atoms with Gasteiger partial charge >= 0.3 is 0 Å². The lowest BCUT2D eigenvalue weighted by atomic mass is 10.1. The van der Waals surface area contributed by atoms with Crippen LogP contribution in [0.3, 0.4) is 0 Å². The van der Waals surface area contributed by atoms with E-state index in [9.17, 15) is 9.59 Å². The van der Waals surface area contributed by atoms with Crippen LogP contribution in [0.25, 0.3) is 0 Å². The van der Waals surface area contributed by atoms with Gasteiger partial charge in [0.25, 0.3) is 0 Å². The second-order valence-corrected chi connectivity index (χ2v) is 4.54. The summed E-state index contributed by atoms with van der Waals surface area (Å²) in [6, 6.07) is 7.64. The summed E-state index contributed by atoms with van der Waals surface area (Å²) < 4.78 is 0. The van der Waals surface area contributed by atoms with Gasteiger partial charge in [-0.1, -0.05) is 12.1 Å². The highest BCUT2D eigenvalue weighted by molar-refractivity contribution is 5.92. The van der Waals surface area contributed by atoms with Gasteiger partial charge in [0.05, 0.1) is 13.0 Å². The maximum absolute atomic E-state index is 11.6. The van der Waals surface area contributed by atoms with E-state index >= 15 is 0 Å². The molecule has 0 atom stereocenters. The first kappa shape index (κ1) is 12.6. The molecule has 1 aliphatic rings. The quantitative estimate of drug-likeness (QED) is 0.680. The number of rotatable bonds is 6. The van der Waals surface area contributed by atoms with Crippen molar-refractivity contribution < 1.29 is 9.59 Å². The summed E-state index contributed by atoms with van der Waals surface area (Å²) in [5, 5.41) is 5.93. The number of hydrogen-bond donors (Lipinski definition) is 3. The van der Waals surface area contributed by atoms with Gasteiger partial charge in [-0.25, -0.2) is 0 Å². The van der Waals surface area contributed by atoms with Crippen molar-refractivity contribution in [2.24, 2.45) is 5.73 Å². The number of carbonyl (C=O) groups excluding carboxylic acids is 2. The number of primary amides is 1. The Morgan fingerprint density at radius 2 is 1.89 bits per heavy atom. The number of carbonyl (C=O) groups is 2. The maximum Gasteiger partial charge on any atom is 0.238 e. The van der Waals surface area contributed by atoms with Gasteiger partial charge in [-0.3, -0.25) is 9.59 Å². The lowest BCUT2D eigenvalue weighted by Gasteiger charge is -2.06. The second-order valence-electron chi connectivity index (χ2n) is 4.54. The van der Waals surface area contributed by atoms with Crippen LogP contribution in [0.4, 0.5) is 5.69 Å². The summed E-state index contributed by atoms with van der Waals surface area (Å²) in [7, 11) is 0. The number of nitrogens with two attached hydrogens (primary N) is 1. The fourth-order valence-electron chi connectivity index (χ4n) is 1.64. The van der Waals surface area contributed by atoms with E-state index in [-0.39, 0.29) is 18.2 Å². The molecule has 0 spiro atoms. The zero-order valence-corrected chi connectivity index (χ0v) is 10.1. The van der Waals surface area contributed by atoms with Crippen molar-refractivity contribution in [3.8, 4) is 0 Å². The van der Waals surface area contributed by atoms with E-state index in [0.29, 0.717) is 12.6 Å². The summed E-state index contributed by atoms with van der Waals surface area (Å²) in [5.74, 6) is -0.412. The molecule has 96 valence electrons. The Balaban J connectivity index is 1.80. The number of benzene rings is 1. The van der Waals surface area contributed by atoms with Gasteiger partial charge in [-0.05, 0) is 30.5 Å². The molecule has 0 bridgehead atoms. The average Bonchev–Trinajstić information content (AvgIpc) is 3.12. The number of hydrogen-bond acceptors (Lipinski definition) is 3. The predicted molar refractivity (Wildman–Crippen MR) is 69.0 cm³/mol. The third-order valence-corrected chi connectivity index (χ3v) is 2.74. The number of anilines is 1. The van der Waals surface area contributed by atoms with E-state index in [4.69, 9.17) is 5.73 Å². The van der Waals surface area contributed by atoms with Crippen LogP contribution >= 0.6 is 0 Å². The highest BCUT2D eigenvalue weighted by atomic mass is 16.2. The lowest BCUT2D eigenvalue weighted by Crippen LogP contribution is -2.29. The van der Waals surface area contributed by atoms with Crippen LogP contribution in [0.1, 0.15) is 18.4 Å². The molecule has 1 saturated carbocycles. The first-order chi connectivity index (χ1) is 8.63. The van der Waals surface area contributed by atoms with Crippen LogP contribution < -0.4 is 16.4 Å². The van der Waals surface area contributed by atoms with Crippen LogP contribution in [0.2, 0.25) is 0 Å². The maximum atomic E-state index is 11.6. The zero-order chi connectivity index (χ0) is 13.0. The van der Waals surface area contributed by atoms with Crippen molar-refractivity contribution in [1.29, 1.82) is 0 Å². The normalized spacial score (nSPS) is 14.2. The fraction of sp³-hybridized carbons (Fsp3) is 0.385. The zero-order valence-electron chi connectivity index (χ0n) is 10.1. The molecule has 0 radical (unpaired) electrons. The Labute approximate surface area is 106 Å². The van der Waals surface area contributed by atoms with E-state index in [2.05, 4.69) is 10.6 Å². The summed E-state index contributed by atoms with van der Waals surface area (Å²) in [4.78, 5) is 22.3. The predicted octanol–water partition coefficient (Wildman–Crippen LogP) is 0.405. The van der Waals surface area contributed by atoms with Crippen LogP contribution in [0.15, 0.2) is 24.3 Å². The minimum atomic E-state index is -0.361. The smallest absolute Gasteiger partial charge is 0.238 e. The fourth-order valence-corrected chi connectivity index (χ4v) is 1.64. The van der Waals surface area contributed by atoms with E-state index < -0.39 is 0 Å². The molecule has 1 aliphatic carbocycles. The monoisotopic (exact) mass is 247 g/mol. The molecule has 4 N–H and O–H groups in total. The van der Waals surface area contributed by atoms with Gasteiger partial charge in [0.2, 0.25) is 11.8 Å². The van der Waals surface area contributed by atoms with Gasteiger partial charge in [-0.2, -0.15) is 0 Å². The van der Waals surface area contributed by atoms with Crippen LogP contribution in [-0.2, 0) is 16.0 Å². The average molecular weight is 247 g/mol. The first-order valence-electron chi connectivity index (χ1n) is 6.04. The molecule has 0 unspecified atom stereocenters. The van der Waals surface area contributed by atoms with E-state index in [1.54, 1.807) is 24.3 Å². The third kappa shape index (κ3) is 4.18.